The molecule has 0 fully saturated rings. The third-order valence-corrected chi connectivity index (χ3v) is 3.22. The number of para-hydroxylation sites is 1. The maximum Gasteiger partial charge on any atom is 0.211 e. The average molecular weight is 289 g/mol. The van der Waals surface area contributed by atoms with E-state index in [2.05, 4.69) is 4.98 Å². The second kappa shape index (κ2) is 6.22. The van der Waals surface area contributed by atoms with Crippen molar-refractivity contribution in [2.75, 3.05) is 0 Å². The summed E-state index contributed by atoms with van der Waals surface area (Å²) >= 11 is 0. The summed E-state index contributed by atoms with van der Waals surface area (Å²) in [6.45, 7) is 1.87. The van der Waals surface area contributed by atoms with Crippen molar-refractivity contribution in [2.45, 2.75) is 6.92 Å². The lowest BCUT2D eigenvalue weighted by atomic mass is 10.1. The molecule has 2 aromatic carbocycles. The normalized spacial score (nSPS) is 10.2. The van der Waals surface area contributed by atoms with Gasteiger partial charge in [0.05, 0.1) is 0 Å². The highest BCUT2D eigenvalue weighted by atomic mass is 16.5. The van der Waals surface area contributed by atoms with Crippen molar-refractivity contribution in [3.8, 4) is 11.5 Å². The molecule has 0 amide bonds. The van der Waals surface area contributed by atoms with Gasteiger partial charge in [0, 0.05) is 11.3 Å². The molecule has 0 radical (unpaired) electrons. The molecule has 1 aromatic heterocycles. The van der Waals surface area contributed by atoms with Gasteiger partial charge in [-0.15, -0.1) is 0 Å². The number of hydrogen-bond donors (Lipinski definition) is 0. The van der Waals surface area contributed by atoms with Gasteiger partial charge in [0.2, 0.25) is 5.78 Å². The predicted molar refractivity (Wildman–Crippen MR) is 85.4 cm³/mol. The highest BCUT2D eigenvalue weighted by molar-refractivity contribution is 6.07. The first-order valence-electron chi connectivity index (χ1n) is 7.04. The molecule has 0 N–H and O–H groups in total. The van der Waals surface area contributed by atoms with Gasteiger partial charge in [-0.1, -0.05) is 24.3 Å². The minimum atomic E-state index is -0.0880. The van der Waals surface area contributed by atoms with E-state index >= 15 is 0 Å². The van der Waals surface area contributed by atoms with Crippen molar-refractivity contribution in [3.05, 3.63) is 89.7 Å². The van der Waals surface area contributed by atoms with E-state index in [1.165, 1.54) is 0 Å². The third-order valence-electron chi connectivity index (χ3n) is 3.22. The monoisotopic (exact) mass is 289 g/mol. The number of hydrogen-bond acceptors (Lipinski definition) is 3. The van der Waals surface area contributed by atoms with Crippen LogP contribution in [-0.4, -0.2) is 10.8 Å². The van der Waals surface area contributed by atoms with Crippen LogP contribution in [0.3, 0.4) is 0 Å². The van der Waals surface area contributed by atoms with Gasteiger partial charge in [0.15, 0.2) is 0 Å². The molecule has 3 aromatic rings. The Morgan fingerprint density at radius 1 is 0.818 bits per heavy atom. The van der Waals surface area contributed by atoms with Crippen LogP contribution < -0.4 is 4.74 Å². The number of ether oxygens (including phenoxy) is 1. The van der Waals surface area contributed by atoms with Gasteiger partial charge in [-0.05, 0) is 55.5 Å². The standard InChI is InChI=1S/C19H15NO2/c1-14-6-5-9-18(20-14)19(21)15-10-12-17(13-11-15)22-16-7-3-2-4-8-16/h2-13H,1H3. The van der Waals surface area contributed by atoms with Gasteiger partial charge in [-0.2, -0.15) is 0 Å². The van der Waals surface area contributed by atoms with E-state index in [4.69, 9.17) is 4.74 Å². The quantitative estimate of drug-likeness (QED) is 0.668. The molecule has 0 spiro atoms. The van der Waals surface area contributed by atoms with E-state index in [9.17, 15) is 4.79 Å². The van der Waals surface area contributed by atoms with Gasteiger partial charge in [0.25, 0.3) is 0 Å². The second-order valence-corrected chi connectivity index (χ2v) is 4.93. The van der Waals surface area contributed by atoms with E-state index in [0.29, 0.717) is 17.0 Å². The number of carbonyl (C=O) groups is 1. The van der Waals surface area contributed by atoms with E-state index in [1.807, 2.05) is 49.4 Å². The number of aryl methyl sites for hydroxylation is 1. The molecule has 0 unspecified atom stereocenters. The molecular weight excluding hydrogens is 274 g/mol. The number of nitrogens with zero attached hydrogens (tertiary/aromatic N) is 1. The van der Waals surface area contributed by atoms with E-state index in [-0.39, 0.29) is 5.78 Å². The Labute approximate surface area is 129 Å². The summed E-state index contributed by atoms with van der Waals surface area (Å²) < 4.78 is 5.71. The van der Waals surface area contributed by atoms with Crippen LogP contribution in [0.5, 0.6) is 11.5 Å². The summed E-state index contributed by atoms with van der Waals surface area (Å²) in [5.74, 6) is 1.37. The van der Waals surface area contributed by atoms with Gasteiger partial charge < -0.3 is 4.74 Å². The molecule has 0 saturated heterocycles. The molecule has 3 heteroatoms. The van der Waals surface area contributed by atoms with E-state index < -0.39 is 0 Å². The van der Waals surface area contributed by atoms with Crippen molar-refractivity contribution in [1.29, 1.82) is 0 Å². The summed E-state index contributed by atoms with van der Waals surface area (Å²) in [4.78, 5) is 16.6. The first kappa shape index (κ1) is 14.0. The summed E-state index contributed by atoms with van der Waals surface area (Å²) in [5.41, 5.74) is 1.88. The summed E-state index contributed by atoms with van der Waals surface area (Å²) in [6, 6.07) is 22.0. The van der Waals surface area contributed by atoms with Crippen molar-refractivity contribution >= 4 is 5.78 Å². The zero-order chi connectivity index (χ0) is 15.4. The lowest BCUT2D eigenvalue weighted by Gasteiger charge is -2.06. The Balaban J connectivity index is 1.78. The fourth-order valence-electron chi connectivity index (χ4n) is 2.12. The van der Waals surface area contributed by atoms with Crippen molar-refractivity contribution in [2.24, 2.45) is 0 Å². The lowest BCUT2D eigenvalue weighted by molar-refractivity contribution is 0.103. The van der Waals surface area contributed by atoms with E-state index in [1.54, 1.807) is 30.3 Å². The van der Waals surface area contributed by atoms with Crippen molar-refractivity contribution < 1.29 is 9.53 Å². The molecule has 1 heterocycles. The van der Waals surface area contributed by atoms with Crippen LogP contribution in [0.1, 0.15) is 21.7 Å². The molecule has 0 saturated carbocycles. The molecule has 0 aliphatic heterocycles. The summed E-state index contributed by atoms with van der Waals surface area (Å²) in [6.07, 6.45) is 0. The van der Waals surface area contributed by atoms with Gasteiger partial charge in [-0.25, -0.2) is 4.98 Å². The van der Waals surface area contributed by atoms with E-state index in [0.717, 1.165) is 11.4 Å². The molecule has 0 atom stereocenters. The molecule has 0 bridgehead atoms. The molecule has 3 nitrogen and oxygen atoms in total. The van der Waals surface area contributed by atoms with Gasteiger partial charge >= 0.3 is 0 Å². The molecular formula is C19H15NO2. The Morgan fingerprint density at radius 3 is 2.18 bits per heavy atom. The van der Waals surface area contributed by atoms with Crippen LogP contribution in [0.15, 0.2) is 72.8 Å². The van der Waals surface area contributed by atoms with Crippen LogP contribution in [-0.2, 0) is 0 Å². The Morgan fingerprint density at radius 2 is 1.50 bits per heavy atom. The topological polar surface area (TPSA) is 39.2 Å². The van der Waals surface area contributed by atoms with Crippen LogP contribution in [0.4, 0.5) is 0 Å². The Kier molecular flexibility index (Phi) is 3.97. The third kappa shape index (κ3) is 3.20. The molecule has 108 valence electrons. The average Bonchev–Trinajstić information content (AvgIpc) is 2.56. The zero-order valence-corrected chi connectivity index (χ0v) is 12.2. The maximum atomic E-state index is 12.4. The van der Waals surface area contributed by atoms with Crippen LogP contribution in [0.25, 0.3) is 0 Å². The number of ketones is 1. The van der Waals surface area contributed by atoms with Crippen LogP contribution in [0, 0.1) is 6.92 Å². The fourth-order valence-corrected chi connectivity index (χ4v) is 2.12. The second-order valence-electron chi connectivity index (χ2n) is 4.93. The maximum absolute atomic E-state index is 12.4. The first-order valence-corrected chi connectivity index (χ1v) is 7.04. The number of benzene rings is 2. The highest BCUT2D eigenvalue weighted by Crippen LogP contribution is 2.21. The van der Waals surface area contributed by atoms with Crippen LogP contribution in [0.2, 0.25) is 0 Å². The minimum absolute atomic E-state index is 0.0880. The number of rotatable bonds is 4. The highest BCUT2D eigenvalue weighted by Gasteiger charge is 2.10. The predicted octanol–water partition coefficient (Wildman–Crippen LogP) is 4.41. The molecule has 22 heavy (non-hydrogen) atoms. The first-order chi connectivity index (χ1) is 10.7. The minimum Gasteiger partial charge on any atom is -0.457 e. The van der Waals surface area contributed by atoms with Crippen LogP contribution >= 0.6 is 0 Å². The van der Waals surface area contributed by atoms with Crippen molar-refractivity contribution in [3.63, 3.8) is 0 Å². The number of pyridine rings is 1. The van der Waals surface area contributed by atoms with Gasteiger partial charge in [-0.3, -0.25) is 4.79 Å². The largest absolute Gasteiger partial charge is 0.457 e. The fraction of sp³-hybridized carbons (Fsp3) is 0.0526. The molecule has 3 rings (SSSR count). The Hall–Kier alpha value is -2.94. The zero-order valence-electron chi connectivity index (χ0n) is 12.2. The lowest BCUT2D eigenvalue weighted by Crippen LogP contribution is -2.04. The smallest absolute Gasteiger partial charge is 0.211 e. The van der Waals surface area contributed by atoms with Gasteiger partial charge in [0.1, 0.15) is 17.2 Å². The van der Waals surface area contributed by atoms with Crippen molar-refractivity contribution in [1.82, 2.24) is 4.98 Å². The number of aromatic nitrogens is 1. The SMILES string of the molecule is Cc1cccc(C(=O)c2ccc(Oc3ccccc3)cc2)n1. The Bertz CT molecular complexity index is 780. The number of carbonyl (C=O) groups excluding carboxylic acids is 1. The molecule has 0 aliphatic rings. The molecule has 0 aliphatic carbocycles. The summed E-state index contributed by atoms with van der Waals surface area (Å²) in [7, 11) is 0. The summed E-state index contributed by atoms with van der Waals surface area (Å²) in [5, 5.41) is 0.